The zero-order valence-corrected chi connectivity index (χ0v) is 14.6. The molecule has 0 atom stereocenters. The van der Waals surface area contributed by atoms with Crippen molar-refractivity contribution in [2.24, 2.45) is 0 Å². The van der Waals surface area contributed by atoms with Crippen LogP contribution in [0.3, 0.4) is 0 Å². The summed E-state index contributed by atoms with van der Waals surface area (Å²) in [5.41, 5.74) is 3.19. The summed E-state index contributed by atoms with van der Waals surface area (Å²) < 4.78 is 17.0. The van der Waals surface area contributed by atoms with Gasteiger partial charge in [0, 0.05) is 0 Å². The number of para-hydroxylation sites is 1. The summed E-state index contributed by atoms with van der Waals surface area (Å²) in [5, 5.41) is 0.906. The molecule has 5 heteroatoms. The van der Waals surface area contributed by atoms with Crippen LogP contribution in [-0.4, -0.2) is 36.4 Å². The predicted octanol–water partition coefficient (Wildman–Crippen LogP) is 3.72. The Morgan fingerprint density at radius 1 is 0.840 bits per heavy atom. The van der Waals surface area contributed by atoms with E-state index < -0.39 is 0 Å². The Labute approximate surface area is 147 Å². The summed E-state index contributed by atoms with van der Waals surface area (Å²) in [6.45, 7) is 6.04. The van der Waals surface area contributed by atoms with Crippen LogP contribution in [0.25, 0.3) is 10.9 Å². The molecule has 0 spiro atoms. The van der Waals surface area contributed by atoms with Crippen LogP contribution in [0.2, 0.25) is 0 Å². The first-order chi connectivity index (χ1) is 12.2. The molecule has 0 saturated heterocycles. The lowest BCUT2D eigenvalue weighted by Gasteiger charge is -2.11. The summed E-state index contributed by atoms with van der Waals surface area (Å²) in [7, 11) is 0. The van der Waals surface area contributed by atoms with Gasteiger partial charge < -0.3 is 14.2 Å². The summed E-state index contributed by atoms with van der Waals surface area (Å²) >= 11 is 0. The van der Waals surface area contributed by atoms with Gasteiger partial charge in [-0.25, -0.2) is 9.97 Å². The van der Waals surface area contributed by atoms with Crippen LogP contribution in [0, 0.1) is 13.8 Å². The van der Waals surface area contributed by atoms with E-state index in [4.69, 9.17) is 14.2 Å². The minimum Gasteiger partial charge on any atom is -0.491 e. The number of nitrogens with zero attached hydrogens (tertiary/aromatic N) is 2. The van der Waals surface area contributed by atoms with E-state index in [1.807, 2.05) is 37.3 Å². The van der Waals surface area contributed by atoms with E-state index in [-0.39, 0.29) is 0 Å². The van der Waals surface area contributed by atoms with Crippen LogP contribution in [0.15, 0.2) is 48.8 Å². The van der Waals surface area contributed by atoms with Gasteiger partial charge in [-0.2, -0.15) is 0 Å². The third kappa shape index (κ3) is 4.67. The number of aromatic nitrogens is 2. The maximum atomic E-state index is 5.75. The summed E-state index contributed by atoms with van der Waals surface area (Å²) in [4.78, 5) is 8.40. The Balaban J connectivity index is 1.38. The van der Waals surface area contributed by atoms with Crippen molar-refractivity contribution in [3.63, 3.8) is 0 Å². The summed E-state index contributed by atoms with van der Waals surface area (Å²) in [6, 6.07) is 13.9. The predicted molar refractivity (Wildman–Crippen MR) is 97.3 cm³/mol. The van der Waals surface area contributed by atoms with E-state index in [0.29, 0.717) is 32.3 Å². The van der Waals surface area contributed by atoms with Gasteiger partial charge in [0.25, 0.3) is 0 Å². The molecule has 3 aromatic rings. The lowest BCUT2D eigenvalue weighted by atomic mass is 10.1. The fourth-order valence-corrected chi connectivity index (χ4v) is 2.47. The van der Waals surface area contributed by atoms with Crippen LogP contribution in [0.4, 0.5) is 0 Å². The van der Waals surface area contributed by atoms with Gasteiger partial charge in [-0.1, -0.05) is 24.3 Å². The number of benzene rings is 2. The fraction of sp³-hybridized carbons (Fsp3) is 0.300. The molecule has 0 aliphatic rings. The van der Waals surface area contributed by atoms with Gasteiger partial charge in [0.1, 0.15) is 25.3 Å². The largest absolute Gasteiger partial charge is 0.491 e. The number of rotatable bonds is 8. The average molecular weight is 338 g/mol. The molecular formula is C20H22N2O3. The van der Waals surface area contributed by atoms with E-state index >= 15 is 0 Å². The average Bonchev–Trinajstić information content (AvgIpc) is 2.63. The molecule has 0 N–H and O–H groups in total. The Kier molecular flexibility index (Phi) is 5.80. The molecule has 3 rings (SSSR count). The van der Waals surface area contributed by atoms with Crippen LogP contribution in [-0.2, 0) is 4.74 Å². The highest BCUT2D eigenvalue weighted by atomic mass is 16.5. The van der Waals surface area contributed by atoms with E-state index in [1.165, 1.54) is 11.9 Å². The van der Waals surface area contributed by atoms with Gasteiger partial charge in [0.15, 0.2) is 0 Å². The van der Waals surface area contributed by atoms with Gasteiger partial charge >= 0.3 is 0 Å². The van der Waals surface area contributed by atoms with E-state index in [1.54, 1.807) is 0 Å². The number of aryl methyl sites for hydroxylation is 2. The molecule has 0 saturated carbocycles. The van der Waals surface area contributed by atoms with Crippen molar-refractivity contribution < 1.29 is 14.2 Å². The maximum Gasteiger partial charge on any atom is 0.224 e. The smallest absolute Gasteiger partial charge is 0.224 e. The number of hydrogen-bond acceptors (Lipinski definition) is 5. The molecule has 130 valence electrons. The minimum absolute atomic E-state index is 0.435. The molecule has 2 aromatic carbocycles. The first-order valence-corrected chi connectivity index (χ1v) is 8.34. The second-order valence-corrected chi connectivity index (χ2v) is 5.77. The molecule has 0 bridgehead atoms. The normalized spacial score (nSPS) is 10.8. The minimum atomic E-state index is 0.435. The Morgan fingerprint density at radius 2 is 1.64 bits per heavy atom. The first kappa shape index (κ1) is 17.2. The fourth-order valence-electron chi connectivity index (χ4n) is 2.47. The summed E-state index contributed by atoms with van der Waals surface area (Å²) in [5.74, 6) is 1.49. The van der Waals surface area contributed by atoms with Gasteiger partial charge in [-0.05, 0) is 43.2 Å². The van der Waals surface area contributed by atoms with Gasteiger partial charge in [-0.15, -0.1) is 0 Å². The van der Waals surface area contributed by atoms with Crippen molar-refractivity contribution >= 4 is 10.9 Å². The topological polar surface area (TPSA) is 53.5 Å². The third-order valence-electron chi connectivity index (χ3n) is 3.80. The molecule has 0 amide bonds. The molecular weight excluding hydrogens is 316 g/mol. The van der Waals surface area contributed by atoms with Crippen molar-refractivity contribution in [3.8, 4) is 11.6 Å². The first-order valence-electron chi connectivity index (χ1n) is 8.34. The Morgan fingerprint density at radius 3 is 2.52 bits per heavy atom. The lowest BCUT2D eigenvalue weighted by molar-refractivity contribution is 0.0755. The molecule has 0 radical (unpaired) electrons. The number of fused-ring (bicyclic) bond motifs is 1. The molecule has 25 heavy (non-hydrogen) atoms. The van der Waals surface area contributed by atoms with E-state index in [2.05, 4.69) is 29.0 Å². The van der Waals surface area contributed by atoms with Crippen LogP contribution in [0.1, 0.15) is 11.1 Å². The highest BCUT2D eigenvalue weighted by molar-refractivity contribution is 5.82. The van der Waals surface area contributed by atoms with E-state index in [0.717, 1.165) is 22.2 Å². The molecule has 0 fully saturated rings. The highest BCUT2D eigenvalue weighted by Crippen LogP contribution is 2.20. The SMILES string of the molecule is Cc1ccc(C)c(OCCOCCOc2ncnc3ccccc23)c1. The standard InChI is InChI=1S/C20H22N2O3/c1-15-7-8-16(2)19(13-15)24-11-9-23-10-12-25-20-17-5-3-4-6-18(17)21-14-22-20/h3-8,13-14H,9-12H2,1-2H3. The van der Waals surface area contributed by atoms with Crippen LogP contribution >= 0.6 is 0 Å². The van der Waals surface area contributed by atoms with Gasteiger partial charge in [0.2, 0.25) is 5.88 Å². The summed E-state index contributed by atoms with van der Waals surface area (Å²) in [6.07, 6.45) is 1.51. The highest BCUT2D eigenvalue weighted by Gasteiger charge is 2.04. The molecule has 0 unspecified atom stereocenters. The van der Waals surface area contributed by atoms with Crippen molar-refractivity contribution in [1.29, 1.82) is 0 Å². The second-order valence-electron chi connectivity index (χ2n) is 5.77. The van der Waals surface area contributed by atoms with Crippen LogP contribution in [0.5, 0.6) is 11.6 Å². The molecule has 1 aromatic heterocycles. The van der Waals surface area contributed by atoms with Crippen LogP contribution < -0.4 is 9.47 Å². The van der Waals surface area contributed by atoms with Gasteiger partial charge in [-0.3, -0.25) is 0 Å². The molecule has 0 aliphatic heterocycles. The Hall–Kier alpha value is -2.66. The molecule has 1 heterocycles. The van der Waals surface area contributed by atoms with Crippen molar-refractivity contribution in [2.75, 3.05) is 26.4 Å². The molecule has 0 aliphatic carbocycles. The van der Waals surface area contributed by atoms with Crippen molar-refractivity contribution in [3.05, 3.63) is 59.9 Å². The maximum absolute atomic E-state index is 5.75. The zero-order valence-electron chi connectivity index (χ0n) is 14.6. The molecule has 5 nitrogen and oxygen atoms in total. The number of hydrogen-bond donors (Lipinski definition) is 0. The lowest BCUT2D eigenvalue weighted by Crippen LogP contribution is -2.13. The second kappa shape index (κ2) is 8.44. The van der Waals surface area contributed by atoms with Crippen molar-refractivity contribution in [2.45, 2.75) is 13.8 Å². The Bertz CT molecular complexity index is 831. The zero-order chi connectivity index (χ0) is 17.5. The quantitative estimate of drug-likeness (QED) is 0.586. The van der Waals surface area contributed by atoms with Gasteiger partial charge in [0.05, 0.1) is 24.1 Å². The number of ether oxygens (including phenoxy) is 3. The monoisotopic (exact) mass is 338 g/mol. The van der Waals surface area contributed by atoms with E-state index in [9.17, 15) is 0 Å². The third-order valence-corrected chi connectivity index (χ3v) is 3.80. The van der Waals surface area contributed by atoms with Crippen molar-refractivity contribution in [1.82, 2.24) is 9.97 Å².